The standard InChI is InChI=1S/C66H81N9O8/c1-40(67-6)59(76)72-55(64(81)74-37-48-19-9-8-18-47(48)35-56(74)62(79)70-53-24-14-20-44-16-10-12-22-51(44)53)34-42-28-32-50(33-29-42)83-39-43-26-30-46(31-27-43)61(78)69-49-36-57(63(80)71-54-25-15-21-45-17-11-13-23-52(45)54)75(38-49)65(82)58(66(3,4)5)73-60(77)41(2)68-7/h8-13,16-19,22-23,26-33,40-41,49,53-58,67-68H,14-15,20-21,24-25,34-39H2,1-7H3,(H,69,78)(H,70,79)(H,71,80)(H,72,76)(H,73,77)/t40-,41-,49-,53+,54+,55-,56-,57-,58+/m0/s1. The molecule has 2 aliphatic heterocycles. The summed E-state index contributed by atoms with van der Waals surface area (Å²) in [6, 6.07) is 32.8. The third-order valence-electron chi connectivity index (χ3n) is 17.1. The minimum absolute atomic E-state index is 0.0724. The van der Waals surface area contributed by atoms with Crippen molar-refractivity contribution in [2.45, 2.75) is 160 Å². The predicted octanol–water partition coefficient (Wildman–Crippen LogP) is 6.08. The number of likely N-dealkylation sites (tertiary alicyclic amines) is 1. The Hall–Kier alpha value is -7.89. The van der Waals surface area contributed by atoms with Gasteiger partial charge in [-0.15, -0.1) is 0 Å². The van der Waals surface area contributed by atoms with Crippen LogP contribution in [0.15, 0.2) is 121 Å². The van der Waals surface area contributed by atoms with E-state index < -0.39 is 53.6 Å². The van der Waals surface area contributed by atoms with Crippen molar-refractivity contribution in [3.8, 4) is 5.75 Å². The Morgan fingerprint density at radius 1 is 0.590 bits per heavy atom. The molecule has 1 fully saturated rings. The molecular weight excluding hydrogens is 1050 g/mol. The summed E-state index contributed by atoms with van der Waals surface area (Å²) >= 11 is 0. The number of amides is 7. The van der Waals surface area contributed by atoms with E-state index in [0.717, 1.165) is 71.9 Å². The number of nitrogens with zero attached hydrogens (tertiary/aromatic N) is 2. The summed E-state index contributed by atoms with van der Waals surface area (Å²) in [4.78, 5) is 102. The van der Waals surface area contributed by atoms with E-state index in [-0.39, 0.29) is 80.1 Å². The Morgan fingerprint density at radius 2 is 1.12 bits per heavy atom. The second-order valence-electron chi connectivity index (χ2n) is 23.9. The maximum absolute atomic E-state index is 14.9. The molecule has 9 atom stereocenters. The SMILES string of the molecule is CN[C@@H](C)C(=O)N[C@@H](Cc1ccc(OCc2ccc(C(=O)N[C@H]3C[C@@H](C(=O)N[C@@H]4CCCc5ccccc54)N(C(=O)[C@@H](NC(=O)[C@H](C)NC)C(C)(C)C)C3)cc2)cc1)C(=O)N1Cc2ccccc2C[C@H]1C(=O)N[C@@H]1CCCc2ccccc21. The lowest BCUT2D eigenvalue weighted by molar-refractivity contribution is -0.145. The van der Waals surface area contributed by atoms with Crippen molar-refractivity contribution >= 4 is 41.4 Å². The smallest absolute Gasteiger partial charge is 0.251 e. The minimum atomic E-state index is -0.981. The number of hydrogen-bond donors (Lipinski definition) is 7. The van der Waals surface area contributed by atoms with Crippen LogP contribution in [0.25, 0.3) is 0 Å². The van der Waals surface area contributed by atoms with Crippen LogP contribution in [0.2, 0.25) is 0 Å². The maximum Gasteiger partial charge on any atom is 0.251 e. The number of carbonyl (C=O) groups is 7. The Balaban J connectivity index is 0.844. The highest BCUT2D eigenvalue weighted by atomic mass is 16.5. The number of nitrogens with one attached hydrogen (secondary N) is 7. The van der Waals surface area contributed by atoms with Crippen LogP contribution < -0.4 is 42.0 Å². The second kappa shape index (κ2) is 26.6. The summed E-state index contributed by atoms with van der Waals surface area (Å²) in [5.74, 6) is -1.75. The van der Waals surface area contributed by atoms with E-state index in [1.54, 1.807) is 57.1 Å². The molecule has 438 valence electrons. The van der Waals surface area contributed by atoms with Gasteiger partial charge in [-0.3, -0.25) is 33.6 Å². The van der Waals surface area contributed by atoms with Crippen molar-refractivity contribution in [1.29, 1.82) is 0 Å². The van der Waals surface area contributed by atoms with Gasteiger partial charge in [0.25, 0.3) is 5.91 Å². The lowest BCUT2D eigenvalue weighted by Gasteiger charge is -2.39. The highest BCUT2D eigenvalue weighted by molar-refractivity contribution is 5.97. The summed E-state index contributed by atoms with van der Waals surface area (Å²) in [7, 11) is 3.35. The van der Waals surface area contributed by atoms with E-state index >= 15 is 0 Å². The van der Waals surface area contributed by atoms with Gasteiger partial charge in [0.15, 0.2) is 0 Å². The van der Waals surface area contributed by atoms with Crippen LogP contribution in [-0.4, -0.2) is 114 Å². The first-order chi connectivity index (χ1) is 39.9. The number of benzene rings is 5. The number of ether oxygens (including phenoxy) is 1. The normalized spacial score (nSPS) is 20.6. The number of fused-ring (bicyclic) bond motifs is 3. The first-order valence-corrected chi connectivity index (χ1v) is 29.4. The Kier molecular flexibility index (Phi) is 19.1. The van der Waals surface area contributed by atoms with Gasteiger partial charge in [0.2, 0.25) is 35.4 Å². The molecule has 4 aliphatic rings. The molecule has 83 heavy (non-hydrogen) atoms. The zero-order valence-electron chi connectivity index (χ0n) is 48.9. The van der Waals surface area contributed by atoms with Gasteiger partial charge >= 0.3 is 0 Å². The van der Waals surface area contributed by atoms with Gasteiger partial charge < -0.3 is 51.8 Å². The van der Waals surface area contributed by atoms with E-state index in [0.29, 0.717) is 17.7 Å². The molecule has 1 saturated heterocycles. The van der Waals surface area contributed by atoms with Crippen molar-refractivity contribution in [2.75, 3.05) is 20.6 Å². The van der Waals surface area contributed by atoms with Gasteiger partial charge in [-0.05, 0) is 147 Å². The fourth-order valence-electron chi connectivity index (χ4n) is 12.0. The maximum atomic E-state index is 14.9. The summed E-state index contributed by atoms with van der Waals surface area (Å²) in [5, 5.41) is 21.5. The monoisotopic (exact) mass is 1130 g/mol. The summed E-state index contributed by atoms with van der Waals surface area (Å²) in [5.41, 5.74) is 7.82. The first-order valence-electron chi connectivity index (χ1n) is 29.4. The number of carbonyl (C=O) groups excluding carboxylic acids is 7. The molecule has 5 aromatic carbocycles. The van der Waals surface area contributed by atoms with Gasteiger partial charge in [0, 0.05) is 37.5 Å². The van der Waals surface area contributed by atoms with Crippen molar-refractivity contribution in [3.63, 3.8) is 0 Å². The molecule has 7 N–H and O–H groups in total. The molecule has 9 rings (SSSR count). The lowest BCUT2D eigenvalue weighted by atomic mass is 9.85. The van der Waals surface area contributed by atoms with Crippen LogP contribution in [0.3, 0.4) is 0 Å². The molecule has 7 amide bonds. The fraction of sp³-hybridized carbons (Fsp3) is 0.439. The van der Waals surface area contributed by atoms with E-state index in [9.17, 15) is 33.6 Å². The second-order valence-corrected chi connectivity index (χ2v) is 23.9. The molecule has 17 heteroatoms. The fourth-order valence-corrected chi connectivity index (χ4v) is 12.0. The Morgan fingerprint density at radius 3 is 1.70 bits per heavy atom. The van der Waals surface area contributed by atoms with Crippen LogP contribution >= 0.6 is 0 Å². The molecule has 0 bridgehead atoms. The molecule has 0 saturated carbocycles. The number of hydrogen-bond acceptors (Lipinski definition) is 10. The third-order valence-corrected chi connectivity index (χ3v) is 17.1. The molecular formula is C66H81N9O8. The Labute approximate surface area is 487 Å². The highest BCUT2D eigenvalue weighted by Gasteiger charge is 2.46. The average Bonchev–Trinajstić information content (AvgIpc) is 3.99. The largest absolute Gasteiger partial charge is 0.489 e. The van der Waals surface area contributed by atoms with Crippen molar-refractivity contribution < 1.29 is 38.3 Å². The number of aryl methyl sites for hydroxylation is 2. The quantitative estimate of drug-likeness (QED) is 0.0506. The van der Waals surface area contributed by atoms with Gasteiger partial charge in [-0.25, -0.2) is 0 Å². The molecule has 2 aliphatic carbocycles. The molecule has 0 spiro atoms. The average molecular weight is 1130 g/mol. The van der Waals surface area contributed by atoms with Crippen LogP contribution in [0.4, 0.5) is 0 Å². The summed E-state index contributed by atoms with van der Waals surface area (Å²) in [6.07, 6.45) is 6.01. The molecule has 2 heterocycles. The molecule has 5 aromatic rings. The van der Waals surface area contributed by atoms with E-state index in [2.05, 4.69) is 55.4 Å². The Bertz CT molecular complexity index is 3160. The molecule has 0 aromatic heterocycles. The minimum Gasteiger partial charge on any atom is -0.489 e. The number of likely N-dealkylation sites (N-methyl/N-ethyl adjacent to an activating group) is 2. The molecule has 0 radical (unpaired) electrons. The van der Waals surface area contributed by atoms with Crippen LogP contribution in [-0.2, 0) is 67.6 Å². The summed E-state index contributed by atoms with van der Waals surface area (Å²) in [6.45, 7) is 9.54. The van der Waals surface area contributed by atoms with Crippen LogP contribution in [0, 0.1) is 5.41 Å². The first kappa shape index (κ1) is 59.7. The van der Waals surface area contributed by atoms with Gasteiger partial charge in [0.1, 0.15) is 36.5 Å². The van der Waals surface area contributed by atoms with Crippen molar-refractivity contribution in [3.05, 3.63) is 171 Å². The molecule has 0 unspecified atom stereocenters. The topological polar surface area (TPSA) is 219 Å². The van der Waals surface area contributed by atoms with Crippen LogP contribution in [0.5, 0.6) is 5.75 Å². The predicted molar refractivity (Wildman–Crippen MR) is 318 cm³/mol. The third kappa shape index (κ3) is 14.3. The number of rotatable bonds is 19. The van der Waals surface area contributed by atoms with Gasteiger partial charge in [-0.1, -0.05) is 118 Å². The van der Waals surface area contributed by atoms with Crippen molar-refractivity contribution in [2.24, 2.45) is 5.41 Å². The van der Waals surface area contributed by atoms with E-state index in [1.165, 1.54) is 16.0 Å². The van der Waals surface area contributed by atoms with Gasteiger partial charge in [-0.2, -0.15) is 0 Å². The zero-order chi connectivity index (χ0) is 59.0. The highest BCUT2D eigenvalue weighted by Crippen LogP contribution is 2.34. The van der Waals surface area contributed by atoms with Crippen molar-refractivity contribution in [1.82, 2.24) is 47.0 Å². The van der Waals surface area contributed by atoms with E-state index in [4.69, 9.17) is 4.74 Å². The molecule has 17 nitrogen and oxygen atoms in total. The zero-order valence-corrected chi connectivity index (χ0v) is 48.9. The van der Waals surface area contributed by atoms with Gasteiger partial charge in [0.05, 0.1) is 24.2 Å². The van der Waals surface area contributed by atoms with Crippen LogP contribution in [0.1, 0.15) is 134 Å². The van der Waals surface area contributed by atoms with E-state index in [1.807, 2.05) is 99.6 Å². The lowest BCUT2D eigenvalue weighted by Crippen LogP contribution is -2.59. The summed E-state index contributed by atoms with van der Waals surface area (Å²) < 4.78 is 6.20.